The lowest BCUT2D eigenvalue weighted by atomic mass is 9.95. The number of carbonyl (C=O) groups is 2. The van der Waals surface area contributed by atoms with E-state index >= 15 is 0 Å². The Kier molecular flexibility index (Phi) is 4.04. The fraction of sp³-hybridized carbons (Fsp3) is 0.583. The van der Waals surface area contributed by atoms with Crippen LogP contribution in [0.1, 0.15) is 36.3 Å². The highest BCUT2D eigenvalue weighted by Gasteiger charge is 2.25. The van der Waals surface area contributed by atoms with E-state index in [1.807, 2.05) is 0 Å². The molecule has 0 saturated heterocycles. The smallest absolute Gasteiger partial charge is 0.222 e. The molecule has 0 aliphatic rings. The molecule has 0 fully saturated rings. The molecule has 5 heteroatoms. The Bertz CT molecular complexity index is 449. The standard InChI is InChI=1S/C12H18N2O3/c1-7(6-8(2)15)11(16)10-9(3)13-14(4)12(10)17-5/h7H,6H2,1-5H3. The Morgan fingerprint density at radius 1 is 1.47 bits per heavy atom. The molecule has 1 rings (SSSR count). The minimum atomic E-state index is -0.343. The molecule has 1 aromatic heterocycles. The van der Waals surface area contributed by atoms with Gasteiger partial charge in [-0.3, -0.25) is 4.79 Å². The SMILES string of the molecule is COc1c(C(=O)C(C)CC(C)=O)c(C)nn1C. The third-order valence-corrected chi connectivity index (χ3v) is 2.65. The lowest BCUT2D eigenvalue weighted by Gasteiger charge is -2.09. The summed E-state index contributed by atoms with van der Waals surface area (Å²) in [4.78, 5) is 23.2. The van der Waals surface area contributed by atoms with E-state index in [-0.39, 0.29) is 23.9 Å². The second kappa shape index (κ2) is 5.12. The second-order valence-electron chi connectivity index (χ2n) is 4.26. The molecule has 0 saturated carbocycles. The summed E-state index contributed by atoms with van der Waals surface area (Å²) in [6.07, 6.45) is 0.246. The second-order valence-corrected chi connectivity index (χ2v) is 4.26. The molecule has 0 radical (unpaired) electrons. The third kappa shape index (κ3) is 2.72. The summed E-state index contributed by atoms with van der Waals surface area (Å²) in [7, 11) is 3.22. The Balaban J connectivity index is 3.07. The van der Waals surface area contributed by atoms with Crippen molar-refractivity contribution in [2.24, 2.45) is 13.0 Å². The number of ketones is 2. The van der Waals surface area contributed by atoms with Crippen LogP contribution in [0.3, 0.4) is 0 Å². The molecular formula is C12H18N2O3. The number of rotatable bonds is 5. The van der Waals surface area contributed by atoms with E-state index in [1.54, 1.807) is 20.9 Å². The van der Waals surface area contributed by atoms with Crippen LogP contribution in [-0.4, -0.2) is 28.5 Å². The van der Waals surface area contributed by atoms with Crippen molar-refractivity contribution in [2.75, 3.05) is 7.11 Å². The maximum atomic E-state index is 12.2. The summed E-state index contributed by atoms with van der Waals surface area (Å²) in [6, 6.07) is 0. The van der Waals surface area contributed by atoms with Crippen molar-refractivity contribution in [1.82, 2.24) is 9.78 Å². The number of aryl methyl sites for hydroxylation is 2. The molecule has 0 spiro atoms. The molecule has 1 heterocycles. The van der Waals surface area contributed by atoms with Gasteiger partial charge in [0.2, 0.25) is 5.88 Å². The fourth-order valence-electron chi connectivity index (χ4n) is 1.93. The number of carbonyl (C=O) groups excluding carboxylic acids is 2. The average molecular weight is 238 g/mol. The molecular weight excluding hydrogens is 220 g/mol. The van der Waals surface area contributed by atoms with Crippen LogP contribution in [-0.2, 0) is 11.8 Å². The molecule has 0 aliphatic heterocycles. The van der Waals surface area contributed by atoms with Crippen molar-refractivity contribution < 1.29 is 14.3 Å². The molecule has 0 bridgehead atoms. The van der Waals surface area contributed by atoms with Gasteiger partial charge in [0.15, 0.2) is 5.78 Å². The van der Waals surface area contributed by atoms with E-state index in [2.05, 4.69) is 5.10 Å². The molecule has 94 valence electrons. The third-order valence-electron chi connectivity index (χ3n) is 2.65. The minimum Gasteiger partial charge on any atom is -0.481 e. The summed E-state index contributed by atoms with van der Waals surface area (Å²) >= 11 is 0. The van der Waals surface area contributed by atoms with Crippen LogP contribution in [0.15, 0.2) is 0 Å². The molecule has 0 N–H and O–H groups in total. The van der Waals surface area contributed by atoms with E-state index in [0.717, 1.165) is 0 Å². The van der Waals surface area contributed by atoms with Gasteiger partial charge in [0.1, 0.15) is 11.3 Å². The Hall–Kier alpha value is -1.65. The first-order valence-corrected chi connectivity index (χ1v) is 5.49. The zero-order valence-corrected chi connectivity index (χ0v) is 10.9. The first-order valence-electron chi connectivity index (χ1n) is 5.49. The first-order chi connectivity index (χ1) is 7.88. The number of aromatic nitrogens is 2. The number of hydrogen-bond acceptors (Lipinski definition) is 4. The lowest BCUT2D eigenvalue weighted by Crippen LogP contribution is -2.15. The van der Waals surface area contributed by atoms with E-state index in [0.29, 0.717) is 17.1 Å². The highest BCUT2D eigenvalue weighted by molar-refractivity contribution is 6.02. The predicted octanol–water partition coefficient (Wildman–Crippen LogP) is 1.54. The van der Waals surface area contributed by atoms with Crippen molar-refractivity contribution in [3.63, 3.8) is 0 Å². The summed E-state index contributed by atoms with van der Waals surface area (Å²) in [5.74, 6) is 0.0150. The normalized spacial score (nSPS) is 12.3. The summed E-state index contributed by atoms with van der Waals surface area (Å²) < 4.78 is 6.70. The largest absolute Gasteiger partial charge is 0.481 e. The highest BCUT2D eigenvalue weighted by Crippen LogP contribution is 2.25. The van der Waals surface area contributed by atoms with Gasteiger partial charge in [-0.05, 0) is 13.8 Å². The van der Waals surface area contributed by atoms with Gasteiger partial charge < -0.3 is 9.53 Å². The van der Waals surface area contributed by atoms with E-state index in [1.165, 1.54) is 18.7 Å². The quantitative estimate of drug-likeness (QED) is 0.730. The number of hydrogen-bond donors (Lipinski definition) is 0. The topological polar surface area (TPSA) is 61.2 Å². The maximum absolute atomic E-state index is 12.2. The minimum absolute atomic E-state index is 0.00589. The van der Waals surface area contributed by atoms with Gasteiger partial charge in [-0.2, -0.15) is 5.10 Å². The van der Waals surface area contributed by atoms with Gasteiger partial charge in [0.25, 0.3) is 0 Å². The number of methoxy groups -OCH3 is 1. The zero-order chi connectivity index (χ0) is 13.2. The van der Waals surface area contributed by atoms with E-state index < -0.39 is 0 Å². The van der Waals surface area contributed by atoms with Crippen LogP contribution in [0.25, 0.3) is 0 Å². The Morgan fingerprint density at radius 3 is 2.53 bits per heavy atom. The van der Waals surface area contributed by atoms with Crippen LogP contribution in [0.2, 0.25) is 0 Å². The molecule has 1 unspecified atom stereocenters. The first kappa shape index (κ1) is 13.4. The molecule has 5 nitrogen and oxygen atoms in total. The molecule has 0 aromatic carbocycles. The Morgan fingerprint density at radius 2 is 2.06 bits per heavy atom. The monoisotopic (exact) mass is 238 g/mol. The molecule has 0 amide bonds. The van der Waals surface area contributed by atoms with E-state index in [9.17, 15) is 9.59 Å². The van der Waals surface area contributed by atoms with Crippen molar-refractivity contribution in [3.8, 4) is 5.88 Å². The molecule has 0 aliphatic carbocycles. The van der Waals surface area contributed by atoms with Gasteiger partial charge in [-0.25, -0.2) is 4.68 Å². The van der Waals surface area contributed by atoms with Crippen LogP contribution >= 0.6 is 0 Å². The number of ether oxygens (including phenoxy) is 1. The van der Waals surface area contributed by atoms with Crippen molar-refractivity contribution >= 4 is 11.6 Å². The van der Waals surface area contributed by atoms with Crippen LogP contribution in [0.5, 0.6) is 5.88 Å². The van der Waals surface area contributed by atoms with Gasteiger partial charge in [-0.1, -0.05) is 6.92 Å². The van der Waals surface area contributed by atoms with Crippen molar-refractivity contribution in [3.05, 3.63) is 11.3 Å². The van der Waals surface area contributed by atoms with Crippen molar-refractivity contribution in [1.29, 1.82) is 0 Å². The van der Waals surface area contributed by atoms with Gasteiger partial charge in [-0.15, -0.1) is 0 Å². The predicted molar refractivity (Wildman–Crippen MR) is 63.3 cm³/mol. The zero-order valence-electron chi connectivity index (χ0n) is 10.9. The number of Topliss-reactive ketones (excluding diaryl/α,β-unsaturated/α-hetero) is 2. The fourth-order valence-corrected chi connectivity index (χ4v) is 1.93. The number of nitrogens with zero attached hydrogens (tertiary/aromatic N) is 2. The summed E-state index contributed by atoms with van der Waals surface area (Å²) in [6.45, 7) is 4.99. The van der Waals surface area contributed by atoms with Gasteiger partial charge >= 0.3 is 0 Å². The maximum Gasteiger partial charge on any atom is 0.222 e. The van der Waals surface area contributed by atoms with Crippen molar-refractivity contribution in [2.45, 2.75) is 27.2 Å². The Labute approximate surface area is 101 Å². The molecule has 17 heavy (non-hydrogen) atoms. The highest BCUT2D eigenvalue weighted by atomic mass is 16.5. The van der Waals surface area contributed by atoms with Crippen LogP contribution in [0, 0.1) is 12.8 Å². The lowest BCUT2D eigenvalue weighted by molar-refractivity contribution is -0.117. The molecule has 1 atom stereocenters. The summed E-state index contributed by atoms with van der Waals surface area (Å²) in [5.41, 5.74) is 1.11. The van der Waals surface area contributed by atoms with E-state index in [4.69, 9.17) is 4.74 Å². The molecule has 1 aromatic rings. The van der Waals surface area contributed by atoms with Gasteiger partial charge in [0.05, 0.1) is 12.8 Å². The summed E-state index contributed by atoms with van der Waals surface area (Å²) in [5, 5.41) is 4.15. The van der Waals surface area contributed by atoms with Gasteiger partial charge in [0, 0.05) is 19.4 Å². The average Bonchev–Trinajstić information content (AvgIpc) is 2.50. The van der Waals surface area contributed by atoms with Crippen LogP contribution < -0.4 is 4.74 Å². The van der Waals surface area contributed by atoms with Crippen LogP contribution in [0.4, 0.5) is 0 Å².